The van der Waals surface area contributed by atoms with Crippen molar-refractivity contribution in [1.29, 1.82) is 0 Å². The number of fused-ring (bicyclic) bond motifs is 1. The van der Waals surface area contributed by atoms with Crippen LogP contribution in [0.15, 0.2) is 59.3 Å². The number of ether oxygens (including phenoxy) is 1. The Morgan fingerprint density at radius 3 is 2.36 bits per heavy atom. The van der Waals surface area contributed by atoms with E-state index in [-0.39, 0.29) is 46.5 Å². The molecule has 7 nitrogen and oxygen atoms in total. The molecule has 1 fully saturated rings. The van der Waals surface area contributed by atoms with Gasteiger partial charge in [0.2, 0.25) is 17.5 Å². The Morgan fingerprint density at radius 2 is 1.64 bits per heavy atom. The van der Waals surface area contributed by atoms with Gasteiger partial charge in [0.05, 0.1) is 0 Å². The van der Waals surface area contributed by atoms with E-state index < -0.39 is 17.6 Å². The fourth-order valence-electron chi connectivity index (χ4n) is 3.06. The lowest BCUT2D eigenvalue weighted by Gasteiger charge is -2.27. The lowest BCUT2D eigenvalue weighted by molar-refractivity contribution is -0.120. The molecule has 1 saturated heterocycles. The van der Waals surface area contributed by atoms with Crippen molar-refractivity contribution < 1.29 is 23.9 Å². The normalized spacial score (nSPS) is 16.8. The molecule has 0 unspecified atom stereocenters. The first kappa shape index (κ1) is 17.9. The number of ketones is 2. The zero-order valence-corrected chi connectivity index (χ0v) is 15.2. The maximum atomic E-state index is 12.7. The van der Waals surface area contributed by atoms with Crippen molar-refractivity contribution in [2.24, 2.45) is 0 Å². The van der Waals surface area contributed by atoms with E-state index in [1.165, 1.54) is 23.1 Å². The van der Waals surface area contributed by atoms with Gasteiger partial charge in [0.15, 0.2) is 5.76 Å². The van der Waals surface area contributed by atoms with Gasteiger partial charge in [-0.15, -0.1) is 0 Å². The second-order valence-corrected chi connectivity index (χ2v) is 6.58. The summed E-state index contributed by atoms with van der Waals surface area (Å²) in [7, 11) is 0. The molecule has 8 heteroatoms. The Morgan fingerprint density at radius 1 is 0.929 bits per heavy atom. The Labute approximate surface area is 164 Å². The van der Waals surface area contributed by atoms with Crippen LogP contribution in [0.25, 0.3) is 0 Å². The fourth-order valence-corrected chi connectivity index (χ4v) is 3.28. The molecule has 0 radical (unpaired) electrons. The molecule has 0 atom stereocenters. The molecular formula is C20H13ClN2O5. The van der Waals surface area contributed by atoms with E-state index in [9.17, 15) is 19.2 Å². The number of carbonyl (C=O) groups excluding carboxylic acids is 4. The summed E-state index contributed by atoms with van der Waals surface area (Å²) in [6.07, 6.45) is 0.178. The number of rotatable bonds is 3. The zero-order valence-electron chi connectivity index (χ0n) is 14.4. The van der Waals surface area contributed by atoms with Crippen LogP contribution in [0.2, 0.25) is 0 Å². The molecule has 2 aromatic rings. The van der Waals surface area contributed by atoms with Gasteiger partial charge in [0.1, 0.15) is 10.8 Å². The van der Waals surface area contributed by atoms with Gasteiger partial charge < -0.3 is 4.74 Å². The number of carbonyl (C=O) groups is 4. The van der Waals surface area contributed by atoms with Crippen LogP contribution in [0.5, 0.6) is 5.75 Å². The average Bonchev–Trinajstić information content (AvgIpc) is 2.70. The number of hydrogen-bond acceptors (Lipinski definition) is 5. The summed E-state index contributed by atoms with van der Waals surface area (Å²) in [4.78, 5) is 49.9. The highest BCUT2D eigenvalue weighted by atomic mass is 35.5. The Balaban J connectivity index is 1.64. The summed E-state index contributed by atoms with van der Waals surface area (Å²) >= 11 is 6.11. The first-order valence-electron chi connectivity index (χ1n) is 8.43. The molecule has 0 bridgehead atoms. The van der Waals surface area contributed by atoms with Crippen molar-refractivity contribution in [3.8, 4) is 5.75 Å². The van der Waals surface area contributed by atoms with Crippen molar-refractivity contribution in [1.82, 2.24) is 5.32 Å². The summed E-state index contributed by atoms with van der Waals surface area (Å²) in [6.45, 7) is 0.225. The molecule has 1 heterocycles. The number of benzene rings is 2. The molecule has 2 aliphatic rings. The Kier molecular flexibility index (Phi) is 4.44. The largest absolute Gasteiger partial charge is 0.451 e. The van der Waals surface area contributed by atoms with Crippen LogP contribution in [0.1, 0.15) is 27.1 Å². The van der Waals surface area contributed by atoms with Gasteiger partial charge in [-0.05, 0) is 12.1 Å². The number of anilines is 1. The molecule has 1 N–H and O–H groups in total. The van der Waals surface area contributed by atoms with Crippen LogP contribution in [0.4, 0.5) is 10.5 Å². The predicted molar refractivity (Wildman–Crippen MR) is 101 cm³/mol. The van der Waals surface area contributed by atoms with Crippen LogP contribution >= 0.6 is 11.6 Å². The molecule has 28 heavy (non-hydrogen) atoms. The third-order valence-electron chi connectivity index (χ3n) is 4.42. The van der Waals surface area contributed by atoms with Crippen LogP contribution in [-0.2, 0) is 4.79 Å². The predicted octanol–water partition coefficient (Wildman–Crippen LogP) is 3.04. The van der Waals surface area contributed by atoms with Crippen LogP contribution in [-0.4, -0.2) is 30.0 Å². The molecule has 140 valence electrons. The molecule has 3 amide bonds. The van der Waals surface area contributed by atoms with Crippen molar-refractivity contribution in [2.75, 3.05) is 11.4 Å². The third-order valence-corrected chi connectivity index (χ3v) is 4.77. The van der Waals surface area contributed by atoms with Crippen LogP contribution in [0, 0.1) is 0 Å². The van der Waals surface area contributed by atoms with E-state index in [0.717, 1.165) is 0 Å². The van der Waals surface area contributed by atoms with Crippen molar-refractivity contribution in [2.45, 2.75) is 6.42 Å². The van der Waals surface area contributed by atoms with E-state index >= 15 is 0 Å². The van der Waals surface area contributed by atoms with Crippen molar-refractivity contribution >= 4 is 40.8 Å². The number of hydrogen-bond donors (Lipinski definition) is 1. The van der Waals surface area contributed by atoms with E-state index in [0.29, 0.717) is 5.69 Å². The number of amides is 3. The van der Waals surface area contributed by atoms with Gasteiger partial charge in [0.25, 0.3) is 0 Å². The number of nitrogens with one attached hydrogen (secondary N) is 1. The van der Waals surface area contributed by atoms with Crippen LogP contribution < -0.4 is 15.0 Å². The second kappa shape index (κ2) is 6.94. The summed E-state index contributed by atoms with van der Waals surface area (Å²) < 4.78 is 5.65. The average molecular weight is 397 g/mol. The number of allylic oxidation sites excluding steroid dienone is 2. The highest BCUT2D eigenvalue weighted by Crippen LogP contribution is 2.31. The molecule has 4 rings (SSSR count). The number of nitrogens with zero attached hydrogens (tertiary/aromatic N) is 1. The molecular weight excluding hydrogens is 384 g/mol. The number of urea groups is 1. The van der Waals surface area contributed by atoms with E-state index in [4.69, 9.17) is 16.3 Å². The van der Waals surface area contributed by atoms with E-state index in [2.05, 4.69) is 5.32 Å². The number of imide groups is 1. The summed E-state index contributed by atoms with van der Waals surface area (Å²) in [6, 6.07) is 12.2. The Hall–Kier alpha value is -3.45. The molecule has 1 aliphatic carbocycles. The van der Waals surface area contributed by atoms with Gasteiger partial charge in [-0.25, -0.2) is 4.79 Å². The zero-order chi connectivity index (χ0) is 19.8. The topological polar surface area (TPSA) is 92.8 Å². The third kappa shape index (κ3) is 3.05. The number of Topliss-reactive ketones (excluding diaryl/α,β-unsaturated/α-hetero) is 2. The highest BCUT2D eigenvalue weighted by molar-refractivity contribution is 6.49. The van der Waals surface area contributed by atoms with Gasteiger partial charge in [0, 0.05) is 35.8 Å². The van der Waals surface area contributed by atoms with Crippen LogP contribution in [0.3, 0.4) is 0 Å². The quantitative estimate of drug-likeness (QED) is 0.860. The highest BCUT2D eigenvalue weighted by Gasteiger charge is 2.33. The lowest BCUT2D eigenvalue weighted by Crippen LogP contribution is -2.49. The lowest BCUT2D eigenvalue weighted by atomic mass is 9.93. The van der Waals surface area contributed by atoms with Gasteiger partial charge in [-0.3, -0.25) is 24.6 Å². The fraction of sp³-hybridized carbons (Fsp3) is 0.100. The maximum absolute atomic E-state index is 12.7. The molecule has 0 aromatic heterocycles. The summed E-state index contributed by atoms with van der Waals surface area (Å²) in [5.74, 6) is -1.35. The second-order valence-electron chi connectivity index (χ2n) is 6.20. The van der Waals surface area contributed by atoms with Gasteiger partial charge in [-0.1, -0.05) is 41.9 Å². The maximum Gasteiger partial charge on any atom is 0.328 e. The first-order chi connectivity index (χ1) is 13.5. The minimum absolute atomic E-state index is 0.178. The summed E-state index contributed by atoms with van der Waals surface area (Å²) in [5.41, 5.74) is 0.930. The molecule has 1 aliphatic heterocycles. The standard InChI is InChI=1S/C20H13ClN2O5/c21-16-17(25)13-6-1-2-7-14(13)18(26)19(16)28-12-5-3-4-11(10-12)23-9-8-15(24)22-20(23)27/h1-7,10H,8-9H2,(H,22,24,27). The van der Waals surface area contributed by atoms with Crippen molar-refractivity contribution in [3.05, 3.63) is 70.4 Å². The SMILES string of the molecule is O=C1CCN(c2cccc(OC3=C(Cl)C(=O)c4ccccc4C3=O)c2)C(=O)N1. The monoisotopic (exact) mass is 396 g/mol. The van der Waals surface area contributed by atoms with Crippen molar-refractivity contribution in [3.63, 3.8) is 0 Å². The van der Waals surface area contributed by atoms with E-state index in [1.807, 2.05) is 0 Å². The minimum Gasteiger partial charge on any atom is -0.451 e. The number of halogens is 1. The smallest absolute Gasteiger partial charge is 0.328 e. The minimum atomic E-state index is -0.538. The molecule has 2 aromatic carbocycles. The summed E-state index contributed by atoms with van der Waals surface area (Å²) in [5, 5.41) is 1.94. The molecule has 0 saturated carbocycles. The molecule has 0 spiro atoms. The first-order valence-corrected chi connectivity index (χ1v) is 8.81. The van der Waals surface area contributed by atoms with E-state index in [1.54, 1.807) is 30.3 Å². The Bertz CT molecular complexity index is 1080. The van der Waals surface area contributed by atoms with Gasteiger partial charge in [-0.2, -0.15) is 0 Å². The van der Waals surface area contributed by atoms with Gasteiger partial charge >= 0.3 is 6.03 Å².